The van der Waals surface area contributed by atoms with Gasteiger partial charge < -0.3 is 15.1 Å². The summed E-state index contributed by atoms with van der Waals surface area (Å²) in [6.07, 6.45) is 2.14. The molecular formula is C17H25N3O. The molecule has 2 saturated heterocycles. The van der Waals surface area contributed by atoms with Gasteiger partial charge in [0.05, 0.1) is 12.0 Å². The predicted octanol–water partition coefficient (Wildman–Crippen LogP) is 1.50. The predicted molar refractivity (Wildman–Crippen MR) is 84.0 cm³/mol. The summed E-state index contributed by atoms with van der Waals surface area (Å²) in [5.41, 5.74) is 1.25. The first-order chi connectivity index (χ1) is 10.3. The molecule has 1 aromatic carbocycles. The maximum absolute atomic E-state index is 12.9. The normalized spacial score (nSPS) is 27.6. The van der Waals surface area contributed by atoms with Crippen molar-refractivity contribution in [1.29, 1.82) is 0 Å². The van der Waals surface area contributed by atoms with Gasteiger partial charge in [-0.25, -0.2) is 0 Å². The Morgan fingerprint density at radius 3 is 2.76 bits per heavy atom. The minimum Gasteiger partial charge on any atom is -0.333 e. The van der Waals surface area contributed by atoms with Crippen LogP contribution in [0.4, 0.5) is 0 Å². The van der Waals surface area contributed by atoms with Crippen molar-refractivity contribution < 1.29 is 4.79 Å². The molecule has 4 nitrogen and oxygen atoms in total. The minimum absolute atomic E-state index is 0.161. The number of amides is 1. The molecule has 0 saturated carbocycles. The van der Waals surface area contributed by atoms with E-state index < -0.39 is 0 Å². The molecule has 2 aliphatic heterocycles. The molecule has 1 unspecified atom stereocenters. The highest BCUT2D eigenvalue weighted by molar-refractivity contribution is 5.80. The molecule has 0 bridgehead atoms. The molecule has 1 amide bonds. The lowest BCUT2D eigenvalue weighted by molar-refractivity contribution is -0.141. The number of rotatable bonds is 2. The van der Waals surface area contributed by atoms with Gasteiger partial charge in [0.2, 0.25) is 5.91 Å². The third-order valence-corrected chi connectivity index (χ3v) is 4.70. The van der Waals surface area contributed by atoms with E-state index in [1.54, 1.807) is 0 Å². The molecule has 2 aliphatic rings. The van der Waals surface area contributed by atoms with Crippen molar-refractivity contribution in [3.63, 3.8) is 0 Å². The highest BCUT2D eigenvalue weighted by Crippen LogP contribution is 2.27. The van der Waals surface area contributed by atoms with E-state index in [-0.39, 0.29) is 12.0 Å². The zero-order valence-electron chi connectivity index (χ0n) is 12.8. The van der Waals surface area contributed by atoms with Crippen molar-refractivity contribution in [2.75, 3.05) is 39.8 Å². The van der Waals surface area contributed by atoms with E-state index in [1.165, 1.54) is 5.56 Å². The maximum Gasteiger partial charge on any atom is 0.227 e. The summed E-state index contributed by atoms with van der Waals surface area (Å²) in [6.45, 7) is 4.62. The first kappa shape index (κ1) is 14.5. The molecule has 21 heavy (non-hydrogen) atoms. The Kier molecular flexibility index (Phi) is 4.56. The van der Waals surface area contributed by atoms with Gasteiger partial charge in [0.15, 0.2) is 0 Å². The first-order valence-corrected chi connectivity index (χ1v) is 8.00. The van der Waals surface area contributed by atoms with Crippen LogP contribution in [0, 0.1) is 5.92 Å². The summed E-state index contributed by atoms with van der Waals surface area (Å²) < 4.78 is 0. The number of nitrogens with one attached hydrogen (secondary N) is 1. The van der Waals surface area contributed by atoms with Crippen LogP contribution >= 0.6 is 0 Å². The van der Waals surface area contributed by atoms with Gasteiger partial charge in [-0.05, 0) is 32.0 Å². The lowest BCUT2D eigenvalue weighted by atomic mass is 9.95. The zero-order chi connectivity index (χ0) is 14.7. The van der Waals surface area contributed by atoms with Crippen LogP contribution in [0.3, 0.4) is 0 Å². The van der Waals surface area contributed by atoms with Crippen LogP contribution in [-0.2, 0) is 4.79 Å². The number of benzene rings is 1. The number of nitrogens with zero attached hydrogens (tertiary/aromatic N) is 2. The Balaban J connectivity index is 1.79. The van der Waals surface area contributed by atoms with Crippen molar-refractivity contribution in [2.45, 2.75) is 18.9 Å². The first-order valence-electron chi connectivity index (χ1n) is 8.00. The molecule has 2 fully saturated rings. The number of hydrogen-bond donors (Lipinski definition) is 1. The van der Waals surface area contributed by atoms with E-state index in [2.05, 4.69) is 46.4 Å². The summed E-state index contributed by atoms with van der Waals surface area (Å²) >= 11 is 0. The summed E-state index contributed by atoms with van der Waals surface area (Å²) in [4.78, 5) is 17.3. The van der Waals surface area contributed by atoms with Gasteiger partial charge in [-0.15, -0.1) is 0 Å². The molecule has 4 heteroatoms. The molecule has 0 aromatic heterocycles. The average Bonchev–Trinajstić information content (AvgIpc) is 2.56. The van der Waals surface area contributed by atoms with E-state index in [9.17, 15) is 4.79 Å². The number of likely N-dealkylation sites (N-methyl/N-ethyl adjacent to an activating group) is 1. The van der Waals surface area contributed by atoms with Gasteiger partial charge >= 0.3 is 0 Å². The number of piperidine rings is 1. The van der Waals surface area contributed by atoms with Gasteiger partial charge in [0, 0.05) is 26.2 Å². The molecule has 0 aliphatic carbocycles. The van der Waals surface area contributed by atoms with Gasteiger partial charge in [0.25, 0.3) is 0 Å². The maximum atomic E-state index is 12.9. The SMILES string of the molecule is CN1CCN(C(=O)[C@H]2CCCNC2)C(c2ccccc2)C1. The molecule has 0 radical (unpaired) electrons. The molecule has 1 N–H and O–H groups in total. The van der Waals surface area contributed by atoms with Crippen molar-refractivity contribution in [2.24, 2.45) is 5.92 Å². The van der Waals surface area contributed by atoms with E-state index >= 15 is 0 Å². The Morgan fingerprint density at radius 1 is 1.24 bits per heavy atom. The number of carbonyl (C=O) groups excluding carboxylic acids is 1. The van der Waals surface area contributed by atoms with Crippen LogP contribution in [0.1, 0.15) is 24.4 Å². The Morgan fingerprint density at radius 2 is 2.05 bits per heavy atom. The highest BCUT2D eigenvalue weighted by atomic mass is 16.2. The van der Waals surface area contributed by atoms with Crippen LogP contribution in [0.5, 0.6) is 0 Å². The summed E-state index contributed by atoms with van der Waals surface area (Å²) in [6, 6.07) is 10.6. The average molecular weight is 287 g/mol. The van der Waals surface area contributed by atoms with Crippen LogP contribution in [-0.4, -0.2) is 55.5 Å². The fraction of sp³-hybridized carbons (Fsp3) is 0.588. The number of piperazine rings is 1. The highest BCUT2D eigenvalue weighted by Gasteiger charge is 2.34. The third kappa shape index (κ3) is 3.27. The topological polar surface area (TPSA) is 35.6 Å². The Hall–Kier alpha value is -1.39. The van der Waals surface area contributed by atoms with Gasteiger partial charge in [-0.2, -0.15) is 0 Å². The van der Waals surface area contributed by atoms with Crippen molar-refractivity contribution in [3.05, 3.63) is 35.9 Å². The molecule has 1 aromatic rings. The van der Waals surface area contributed by atoms with Crippen LogP contribution in [0.25, 0.3) is 0 Å². The zero-order valence-corrected chi connectivity index (χ0v) is 12.8. The molecular weight excluding hydrogens is 262 g/mol. The minimum atomic E-state index is 0.161. The molecule has 2 heterocycles. The van der Waals surface area contributed by atoms with Crippen molar-refractivity contribution in [1.82, 2.24) is 15.1 Å². The summed E-state index contributed by atoms with van der Waals surface area (Å²) in [5.74, 6) is 0.498. The Labute approximate surface area is 127 Å². The standard InChI is InChI=1S/C17H25N3O/c1-19-10-11-20(17(21)15-8-5-9-18-12-15)16(13-19)14-6-3-2-4-7-14/h2-4,6-7,15-16,18H,5,8-13H2,1H3/t15-,16?/m0/s1. The van der Waals surface area contributed by atoms with E-state index in [0.717, 1.165) is 45.6 Å². The fourth-order valence-corrected chi connectivity index (χ4v) is 3.44. The van der Waals surface area contributed by atoms with Crippen molar-refractivity contribution in [3.8, 4) is 0 Å². The summed E-state index contributed by atoms with van der Waals surface area (Å²) in [7, 11) is 2.14. The second-order valence-electron chi connectivity index (χ2n) is 6.26. The van der Waals surface area contributed by atoms with Gasteiger partial charge in [0.1, 0.15) is 0 Å². The fourth-order valence-electron chi connectivity index (χ4n) is 3.44. The van der Waals surface area contributed by atoms with Gasteiger partial charge in [-0.1, -0.05) is 30.3 Å². The largest absolute Gasteiger partial charge is 0.333 e. The second-order valence-corrected chi connectivity index (χ2v) is 6.26. The molecule has 0 spiro atoms. The number of hydrogen-bond acceptors (Lipinski definition) is 3. The molecule has 2 atom stereocenters. The van der Waals surface area contributed by atoms with Crippen LogP contribution in [0.15, 0.2) is 30.3 Å². The quantitative estimate of drug-likeness (QED) is 0.895. The number of carbonyl (C=O) groups is 1. The van der Waals surface area contributed by atoms with E-state index in [1.807, 2.05) is 6.07 Å². The Bertz CT molecular complexity index is 470. The van der Waals surface area contributed by atoms with E-state index in [4.69, 9.17) is 0 Å². The van der Waals surface area contributed by atoms with Crippen LogP contribution < -0.4 is 5.32 Å². The molecule has 114 valence electrons. The van der Waals surface area contributed by atoms with E-state index in [0.29, 0.717) is 5.91 Å². The lowest BCUT2D eigenvalue weighted by Crippen LogP contribution is -2.52. The summed E-state index contributed by atoms with van der Waals surface area (Å²) in [5, 5.41) is 3.36. The monoisotopic (exact) mass is 287 g/mol. The van der Waals surface area contributed by atoms with Crippen LogP contribution in [0.2, 0.25) is 0 Å². The third-order valence-electron chi connectivity index (χ3n) is 4.70. The van der Waals surface area contributed by atoms with Crippen molar-refractivity contribution >= 4 is 5.91 Å². The molecule has 3 rings (SSSR count). The van der Waals surface area contributed by atoms with Gasteiger partial charge in [-0.3, -0.25) is 4.79 Å². The lowest BCUT2D eigenvalue weighted by Gasteiger charge is -2.42. The second kappa shape index (κ2) is 6.58. The smallest absolute Gasteiger partial charge is 0.227 e.